The number of benzene rings is 1. The highest BCUT2D eigenvalue weighted by Gasteiger charge is 2.12. The highest BCUT2D eigenvalue weighted by Crippen LogP contribution is 2.16. The van der Waals surface area contributed by atoms with Crippen molar-refractivity contribution in [3.05, 3.63) is 35.4 Å². The van der Waals surface area contributed by atoms with Gasteiger partial charge in [0.05, 0.1) is 0 Å². The van der Waals surface area contributed by atoms with Gasteiger partial charge in [0.25, 0.3) is 0 Å². The molecule has 0 radical (unpaired) electrons. The van der Waals surface area contributed by atoms with Crippen LogP contribution >= 0.6 is 11.8 Å². The van der Waals surface area contributed by atoms with Crippen LogP contribution in [0, 0.1) is 0 Å². The van der Waals surface area contributed by atoms with E-state index >= 15 is 0 Å². The second-order valence-electron chi connectivity index (χ2n) is 3.48. The zero-order chi connectivity index (χ0) is 12.8. The molecule has 0 saturated carbocycles. The maximum Gasteiger partial charge on any atom is 0.321 e. The van der Waals surface area contributed by atoms with E-state index in [1.807, 2.05) is 0 Å². The standard InChI is InChI=1S/C11H14N2O3S/c12-9(11(15)16)6-17-5-7-3-1-2-4-8(7)10(13)14/h1-4,9H,5-6,12H2,(H2,13,14)(H,15,16)/t9-/m1/s1. The molecule has 0 unspecified atom stereocenters. The summed E-state index contributed by atoms with van der Waals surface area (Å²) in [7, 11) is 0. The lowest BCUT2D eigenvalue weighted by Crippen LogP contribution is -2.32. The third-order valence-corrected chi connectivity index (χ3v) is 3.26. The molecule has 0 saturated heterocycles. The lowest BCUT2D eigenvalue weighted by molar-refractivity contribution is -0.137. The number of carboxylic acids is 1. The Morgan fingerprint density at radius 1 is 1.35 bits per heavy atom. The molecule has 92 valence electrons. The van der Waals surface area contributed by atoms with Crippen molar-refractivity contribution in [2.75, 3.05) is 5.75 Å². The molecule has 5 nitrogen and oxygen atoms in total. The van der Waals surface area contributed by atoms with Crippen molar-refractivity contribution in [3.63, 3.8) is 0 Å². The molecule has 0 spiro atoms. The van der Waals surface area contributed by atoms with Gasteiger partial charge >= 0.3 is 5.97 Å². The summed E-state index contributed by atoms with van der Waals surface area (Å²) in [5.41, 5.74) is 11.8. The molecule has 1 aromatic rings. The van der Waals surface area contributed by atoms with Crippen LogP contribution in [0.4, 0.5) is 0 Å². The van der Waals surface area contributed by atoms with E-state index < -0.39 is 17.9 Å². The van der Waals surface area contributed by atoms with Crippen molar-refractivity contribution < 1.29 is 14.7 Å². The number of aliphatic carboxylic acids is 1. The summed E-state index contributed by atoms with van der Waals surface area (Å²) in [5, 5.41) is 8.61. The van der Waals surface area contributed by atoms with Crippen molar-refractivity contribution in [2.24, 2.45) is 11.5 Å². The zero-order valence-corrected chi connectivity index (χ0v) is 9.94. The van der Waals surface area contributed by atoms with Crippen LogP contribution in [0.25, 0.3) is 0 Å². The minimum atomic E-state index is -1.03. The number of amides is 1. The Hall–Kier alpha value is -1.53. The van der Waals surface area contributed by atoms with Gasteiger partial charge < -0.3 is 16.6 Å². The van der Waals surface area contributed by atoms with Gasteiger partial charge in [-0.25, -0.2) is 0 Å². The molecule has 1 atom stereocenters. The van der Waals surface area contributed by atoms with E-state index in [0.717, 1.165) is 5.56 Å². The Morgan fingerprint density at radius 3 is 2.59 bits per heavy atom. The summed E-state index contributed by atoms with van der Waals surface area (Å²) in [6.07, 6.45) is 0. The third-order valence-electron chi connectivity index (χ3n) is 2.15. The molecule has 6 heteroatoms. The fraction of sp³-hybridized carbons (Fsp3) is 0.273. The smallest absolute Gasteiger partial charge is 0.321 e. The van der Waals surface area contributed by atoms with E-state index in [0.29, 0.717) is 17.1 Å². The summed E-state index contributed by atoms with van der Waals surface area (Å²) in [6.45, 7) is 0. The number of carbonyl (C=O) groups is 2. The molecule has 0 heterocycles. The van der Waals surface area contributed by atoms with Gasteiger partial charge in [-0.3, -0.25) is 9.59 Å². The van der Waals surface area contributed by atoms with E-state index in [1.54, 1.807) is 24.3 Å². The zero-order valence-electron chi connectivity index (χ0n) is 9.13. The van der Waals surface area contributed by atoms with E-state index in [-0.39, 0.29) is 0 Å². The van der Waals surface area contributed by atoms with Crippen LogP contribution in [0.3, 0.4) is 0 Å². The molecule has 1 aromatic carbocycles. The second kappa shape index (κ2) is 6.27. The summed E-state index contributed by atoms with van der Waals surface area (Å²) in [4.78, 5) is 21.6. The summed E-state index contributed by atoms with van der Waals surface area (Å²) in [5.74, 6) is -0.702. The number of hydrogen-bond donors (Lipinski definition) is 3. The van der Waals surface area contributed by atoms with Crippen molar-refractivity contribution in [3.8, 4) is 0 Å². The Kier molecular flexibility index (Phi) is 4.99. The first-order valence-electron chi connectivity index (χ1n) is 4.96. The van der Waals surface area contributed by atoms with Gasteiger partial charge in [0.2, 0.25) is 5.91 Å². The van der Waals surface area contributed by atoms with Crippen LogP contribution in [-0.4, -0.2) is 28.8 Å². The molecule has 1 amide bonds. The van der Waals surface area contributed by atoms with Gasteiger partial charge in [-0.15, -0.1) is 0 Å². The topological polar surface area (TPSA) is 106 Å². The van der Waals surface area contributed by atoms with Crippen molar-refractivity contribution in [1.82, 2.24) is 0 Å². The number of carbonyl (C=O) groups excluding carboxylic acids is 1. The molecule has 17 heavy (non-hydrogen) atoms. The molecule has 0 aromatic heterocycles. The van der Waals surface area contributed by atoms with Crippen LogP contribution in [0.5, 0.6) is 0 Å². The van der Waals surface area contributed by atoms with Crippen LogP contribution < -0.4 is 11.5 Å². The second-order valence-corrected chi connectivity index (χ2v) is 4.51. The number of thioether (sulfide) groups is 1. The summed E-state index contributed by atoms with van der Waals surface area (Å²) >= 11 is 1.36. The first-order chi connectivity index (χ1) is 8.02. The number of nitrogens with two attached hydrogens (primary N) is 2. The summed E-state index contributed by atoms with van der Waals surface area (Å²) < 4.78 is 0. The maximum atomic E-state index is 11.1. The summed E-state index contributed by atoms with van der Waals surface area (Å²) in [6, 6.07) is 6.09. The molecular formula is C11H14N2O3S. The van der Waals surface area contributed by atoms with Crippen molar-refractivity contribution in [1.29, 1.82) is 0 Å². The molecule has 0 aliphatic carbocycles. The largest absolute Gasteiger partial charge is 0.480 e. The number of rotatable bonds is 6. The fourth-order valence-corrected chi connectivity index (χ4v) is 2.24. The Bertz CT molecular complexity index is 423. The molecule has 1 rings (SSSR count). The predicted molar refractivity (Wildman–Crippen MR) is 66.7 cm³/mol. The van der Waals surface area contributed by atoms with Crippen LogP contribution in [0.2, 0.25) is 0 Å². The SMILES string of the molecule is NC(=O)c1ccccc1CSC[C@@H](N)C(=O)O. The minimum Gasteiger partial charge on any atom is -0.480 e. The van der Waals surface area contributed by atoms with E-state index in [4.69, 9.17) is 16.6 Å². The highest BCUT2D eigenvalue weighted by molar-refractivity contribution is 7.98. The Morgan fingerprint density at radius 2 is 2.00 bits per heavy atom. The average Bonchev–Trinajstić information content (AvgIpc) is 2.29. The van der Waals surface area contributed by atoms with Crippen molar-refractivity contribution >= 4 is 23.6 Å². The van der Waals surface area contributed by atoms with E-state index in [1.165, 1.54) is 11.8 Å². The first kappa shape index (κ1) is 13.5. The van der Waals surface area contributed by atoms with E-state index in [9.17, 15) is 9.59 Å². The maximum absolute atomic E-state index is 11.1. The van der Waals surface area contributed by atoms with Crippen LogP contribution in [-0.2, 0) is 10.5 Å². The van der Waals surface area contributed by atoms with Crippen molar-refractivity contribution in [2.45, 2.75) is 11.8 Å². The van der Waals surface area contributed by atoms with Gasteiger partial charge in [0, 0.05) is 17.1 Å². The minimum absolute atomic E-state index is 0.294. The quantitative estimate of drug-likeness (QED) is 0.682. The normalized spacial score (nSPS) is 12.1. The number of hydrogen-bond acceptors (Lipinski definition) is 4. The van der Waals surface area contributed by atoms with Crippen LogP contribution in [0.15, 0.2) is 24.3 Å². The van der Waals surface area contributed by atoms with Gasteiger partial charge in [0.15, 0.2) is 0 Å². The monoisotopic (exact) mass is 254 g/mol. The lowest BCUT2D eigenvalue weighted by atomic mass is 10.1. The van der Waals surface area contributed by atoms with Gasteiger partial charge in [-0.1, -0.05) is 18.2 Å². The van der Waals surface area contributed by atoms with E-state index in [2.05, 4.69) is 0 Å². The van der Waals surface area contributed by atoms with Gasteiger partial charge in [-0.05, 0) is 11.6 Å². The molecule has 0 bridgehead atoms. The highest BCUT2D eigenvalue weighted by atomic mass is 32.2. The predicted octanol–water partition coefficient (Wildman–Crippen LogP) is 0.431. The molecule has 5 N–H and O–H groups in total. The molecular weight excluding hydrogens is 240 g/mol. The fourth-order valence-electron chi connectivity index (χ4n) is 1.25. The molecule has 0 aliphatic heterocycles. The average molecular weight is 254 g/mol. The number of carboxylic acid groups (broad SMARTS) is 1. The Labute approximate surface area is 103 Å². The first-order valence-corrected chi connectivity index (χ1v) is 6.11. The third kappa shape index (κ3) is 4.08. The van der Waals surface area contributed by atoms with Gasteiger partial charge in [0.1, 0.15) is 6.04 Å². The van der Waals surface area contributed by atoms with Crippen LogP contribution in [0.1, 0.15) is 15.9 Å². The lowest BCUT2D eigenvalue weighted by Gasteiger charge is -2.08. The molecule has 0 aliphatic rings. The molecule has 0 fully saturated rings. The van der Waals surface area contributed by atoms with Gasteiger partial charge in [-0.2, -0.15) is 11.8 Å². The number of primary amides is 1. The Balaban J connectivity index is 2.58.